The van der Waals surface area contributed by atoms with Gasteiger partial charge in [-0.05, 0) is 26.3 Å². The van der Waals surface area contributed by atoms with Crippen molar-refractivity contribution in [3.05, 3.63) is 11.6 Å². The first-order chi connectivity index (χ1) is 7.00. The molecule has 0 bridgehead atoms. The number of primary amides is 1. The summed E-state index contributed by atoms with van der Waals surface area (Å²) in [5, 5.41) is 8.55. The van der Waals surface area contributed by atoms with Crippen LogP contribution in [-0.4, -0.2) is 41.0 Å². The van der Waals surface area contributed by atoms with E-state index in [1.807, 2.05) is 4.90 Å². The molecule has 1 saturated heterocycles. The van der Waals surface area contributed by atoms with Gasteiger partial charge in [-0.25, -0.2) is 4.79 Å². The topological polar surface area (TPSA) is 83.6 Å². The number of rotatable bonds is 4. The summed E-state index contributed by atoms with van der Waals surface area (Å²) in [6.07, 6.45) is 2.88. The third-order valence-corrected chi connectivity index (χ3v) is 2.51. The Morgan fingerprint density at radius 2 is 2.27 bits per heavy atom. The van der Waals surface area contributed by atoms with Crippen LogP contribution in [0.2, 0.25) is 0 Å². The maximum absolute atomic E-state index is 11.1. The van der Waals surface area contributed by atoms with Crippen molar-refractivity contribution in [1.82, 2.24) is 4.90 Å². The molecule has 0 radical (unpaired) electrons. The molecule has 0 aromatic carbocycles. The Hall–Kier alpha value is -1.36. The van der Waals surface area contributed by atoms with E-state index in [0.29, 0.717) is 6.54 Å². The third-order valence-electron chi connectivity index (χ3n) is 2.51. The second-order valence-electron chi connectivity index (χ2n) is 3.86. The molecule has 3 N–H and O–H groups in total. The number of carboxylic acids is 1. The van der Waals surface area contributed by atoms with E-state index in [0.717, 1.165) is 31.0 Å². The molecule has 1 rings (SSSR count). The smallest absolute Gasteiger partial charge is 0.328 e. The van der Waals surface area contributed by atoms with Crippen molar-refractivity contribution >= 4 is 11.9 Å². The summed E-state index contributed by atoms with van der Waals surface area (Å²) in [6.45, 7) is 3.04. The van der Waals surface area contributed by atoms with Crippen molar-refractivity contribution in [1.29, 1.82) is 0 Å². The van der Waals surface area contributed by atoms with E-state index in [1.54, 1.807) is 6.92 Å². The molecule has 1 aliphatic heterocycles. The van der Waals surface area contributed by atoms with Crippen LogP contribution >= 0.6 is 0 Å². The summed E-state index contributed by atoms with van der Waals surface area (Å²) < 4.78 is 0. The van der Waals surface area contributed by atoms with Gasteiger partial charge in [0.2, 0.25) is 5.91 Å². The number of amides is 1. The van der Waals surface area contributed by atoms with Gasteiger partial charge in [-0.2, -0.15) is 0 Å². The number of nitrogens with two attached hydrogens (primary N) is 1. The quantitative estimate of drug-likeness (QED) is 0.641. The lowest BCUT2D eigenvalue weighted by atomic mass is 10.2. The van der Waals surface area contributed by atoms with Gasteiger partial charge >= 0.3 is 5.97 Å². The molecular formula is C10H16N2O3. The van der Waals surface area contributed by atoms with Crippen LogP contribution in [0.3, 0.4) is 0 Å². The average Bonchev–Trinajstić information content (AvgIpc) is 2.50. The van der Waals surface area contributed by atoms with E-state index < -0.39 is 5.97 Å². The molecule has 1 aliphatic rings. The van der Waals surface area contributed by atoms with Crippen molar-refractivity contribution in [3.8, 4) is 0 Å². The number of carboxylic acid groups (broad SMARTS) is 1. The molecule has 0 spiro atoms. The number of aliphatic carboxylic acids is 1. The standard InChI is InChI=1S/C10H16N2O3/c1-7(5-9(13)14)6-12-4-2-3-8(12)10(11)15/h5,8H,2-4,6H2,1H3,(H2,11,15)(H,13,14). The van der Waals surface area contributed by atoms with Crippen LogP contribution in [0, 0.1) is 0 Å². The highest BCUT2D eigenvalue weighted by molar-refractivity contribution is 5.81. The van der Waals surface area contributed by atoms with E-state index in [4.69, 9.17) is 10.8 Å². The molecule has 1 amide bonds. The molecule has 1 fully saturated rings. The van der Waals surface area contributed by atoms with Gasteiger partial charge in [0, 0.05) is 12.6 Å². The first-order valence-corrected chi connectivity index (χ1v) is 4.94. The lowest BCUT2D eigenvalue weighted by Gasteiger charge is -2.21. The van der Waals surface area contributed by atoms with Crippen molar-refractivity contribution in [2.75, 3.05) is 13.1 Å². The zero-order valence-electron chi connectivity index (χ0n) is 8.77. The van der Waals surface area contributed by atoms with Crippen molar-refractivity contribution < 1.29 is 14.7 Å². The Balaban J connectivity index is 2.57. The van der Waals surface area contributed by atoms with Crippen LogP contribution in [0.4, 0.5) is 0 Å². The Morgan fingerprint density at radius 3 is 2.80 bits per heavy atom. The molecule has 0 aliphatic carbocycles. The summed E-state index contributed by atoms with van der Waals surface area (Å²) in [7, 11) is 0. The van der Waals surface area contributed by atoms with Crippen molar-refractivity contribution in [2.45, 2.75) is 25.8 Å². The lowest BCUT2D eigenvalue weighted by molar-refractivity contribution is -0.131. The second-order valence-corrected chi connectivity index (χ2v) is 3.86. The molecule has 5 nitrogen and oxygen atoms in total. The van der Waals surface area contributed by atoms with Gasteiger partial charge in [-0.15, -0.1) is 0 Å². The predicted octanol–water partition coefficient (Wildman–Crippen LogP) is -0.0330. The fourth-order valence-electron chi connectivity index (χ4n) is 1.91. The number of likely N-dealkylation sites (tertiary alicyclic amines) is 1. The van der Waals surface area contributed by atoms with Gasteiger partial charge in [-0.1, -0.05) is 5.57 Å². The van der Waals surface area contributed by atoms with E-state index in [1.165, 1.54) is 0 Å². The summed E-state index contributed by atoms with van der Waals surface area (Å²) in [5.74, 6) is -1.28. The Labute approximate surface area is 88.5 Å². The van der Waals surface area contributed by atoms with Gasteiger partial charge < -0.3 is 10.8 Å². The molecular weight excluding hydrogens is 196 g/mol. The highest BCUT2D eigenvalue weighted by atomic mass is 16.4. The van der Waals surface area contributed by atoms with Crippen LogP contribution in [0.5, 0.6) is 0 Å². The zero-order chi connectivity index (χ0) is 11.4. The van der Waals surface area contributed by atoms with Gasteiger partial charge in [0.05, 0.1) is 6.04 Å². The number of carbonyl (C=O) groups excluding carboxylic acids is 1. The molecule has 1 atom stereocenters. The summed E-state index contributed by atoms with van der Waals surface area (Å²) in [5.41, 5.74) is 5.98. The number of hydrogen-bond donors (Lipinski definition) is 2. The first kappa shape index (κ1) is 11.7. The minimum Gasteiger partial charge on any atom is -0.478 e. The van der Waals surface area contributed by atoms with Gasteiger partial charge in [0.1, 0.15) is 0 Å². The second kappa shape index (κ2) is 4.93. The van der Waals surface area contributed by atoms with Crippen LogP contribution in [-0.2, 0) is 9.59 Å². The molecule has 1 unspecified atom stereocenters. The van der Waals surface area contributed by atoms with Crippen LogP contribution in [0.15, 0.2) is 11.6 Å². The van der Waals surface area contributed by atoms with Crippen LogP contribution in [0.25, 0.3) is 0 Å². The largest absolute Gasteiger partial charge is 0.478 e. The van der Waals surface area contributed by atoms with Gasteiger partial charge in [-0.3, -0.25) is 9.69 Å². The lowest BCUT2D eigenvalue weighted by Crippen LogP contribution is -2.41. The zero-order valence-corrected chi connectivity index (χ0v) is 8.77. The van der Waals surface area contributed by atoms with Crippen LogP contribution in [0.1, 0.15) is 19.8 Å². The summed E-state index contributed by atoms with van der Waals surface area (Å²) in [6, 6.07) is -0.234. The minimum atomic E-state index is -0.956. The minimum absolute atomic E-state index is 0.234. The predicted molar refractivity (Wildman–Crippen MR) is 55.2 cm³/mol. The van der Waals surface area contributed by atoms with E-state index in [9.17, 15) is 9.59 Å². The molecule has 84 valence electrons. The van der Waals surface area contributed by atoms with Crippen molar-refractivity contribution in [3.63, 3.8) is 0 Å². The fraction of sp³-hybridized carbons (Fsp3) is 0.600. The third kappa shape index (κ3) is 3.36. The summed E-state index contributed by atoms with van der Waals surface area (Å²) >= 11 is 0. The highest BCUT2D eigenvalue weighted by Crippen LogP contribution is 2.17. The molecule has 0 aromatic heterocycles. The maximum Gasteiger partial charge on any atom is 0.328 e. The summed E-state index contributed by atoms with van der Waals surface area (Å²) in [4.78, 5) is 23.4. The van der Waals surface area contributed by atoms with E-state index >= 15 is 0 Å². The van der Waals surface area contributed by atoms with Gasteiger partial charge in [0.15, 0.2) is 0 Å². The fourth-order valence-corrected chi connectivity index (χ4v) is 1.91. The number of hydrogen-bond acceptors (Lipinski definition) is 3. The van der Waals surface area contributed by atoms with Crippen molar-refractivity contribution in [2.24, 2.45) is 5.73 Å². The maximum atomic E-state index is 11.1. The SMILES string of the molecule is CC(=CC(=O)O)CN1CCCC1C(N)=O. The van der Waals surface area contributed by atoms with Crippen LogP contribution < -0.4 is 5.73 Å². The Bertz CT molecular complexity index is 299. The molecule has 15 heavy (non-hydrogen) atoms. The molecule has 1 heterocycles. The Morgan fingerprint density at radius 1 is 1.60 bits per heavy atom. The molecule has 0 saturated carbocycles. The van der Waals surface area contributed by atoms with Gasteiger partial charge in [0.25, 0.3) is 0 Å². The first-order valence-electron chi connectivity index (χ1n) is 4.94. The average molecular weight is 212 g/mol. The highest BCUT2D eigenvalue weighted by Gasteiger charge is 2.28. The normalized spacial score (nSPS) is 23.0. The number of nitrogens with zero attached hydrogens (tertiary/aromatic N) is 1. The monoisotopic (exact) mass is 212 g/mol. The number of carbonyl (C=O) groups is 2. The molecule has 5 heteroatoms. The molecule has 0 aromatic rings. The Kier molecular flexibility index (Phi) is 3.85. The van der Waals surface area contributed by atoms with E-state index in [-0.39, 0.29) is 11.9 Å². The van der Waals surface area contributed by atoms with E-state index in [2.05, 4.69) is 0 Å².